The molecule has 8 nitrogen and oxygen atoms in total. The highest BCUT2D eigenvalue weighted by molar-refractivity contribution is 7.91. The van der Waals surface area contributed by atoms with Gasteiger partial charge in [-0.15, -0.1) is 11.3 Å². The molecular weight excluding hydrogens is 324 g/mol. The van der Waals surface area contributed by atoms with Crippen molar-refractivity contribution in [3.8, 4) is 6.07 Å². The van der Waals surface area contributed by atoms with Crippen LogP contribution in [-0.4, -0.2) is 51.6 Å². The maximum atomic E-state index is 12.3. The SMILES string of the molecule is N#Cc1ccc(S(=O)(=O)N2CCN(S(N)(=O)=O)CC2)s1. The van der Waals surface area contributed by atoms with Crippen LogP contribution >= 0.6 is 11.3 Å². The Balaban J connectivity index is 2.16. The molecule has 0 aromatic carbocycles. The van der Waals surface area contributed by atoms with E-state index in [-0.39, 0.29) is 30.4 Å². The first-order valence-corrected chi connectivity index (χ1v) is 9.29. The van der Waals surface area contributed by atoms with Gasteiger partial charge in [-0.2, -0.15) is 22.3 Å². The fourth-order valence-corrected chi connectivity index (χ4v) is 5.16. The van der Waals surface area contributed by atoms with Gasteiger partial charge in [0.05, 0.1) is 0 Å². The number of thiophene rings is 1. The zero-order valence-electron chi connectivity index (χ0n) is 10.3. The van der Waals surface area contributed by atoms with Crippen molar-refractivity contribution in [2.75, 3.05) is 26.2 Å². The van der Waals surface area contributed by atoms with E-state index in [0.717, 1.165) is 15.6 Å². The van der Waals surface area contributed by atoms with E-state index < -0.39 is 20.2 Å². The van der Waals surface area contributed by atoms with E-state index in [4.69, 9.17) is 10.4 Å². The molecule has 0 saturated carbocycles. The minimum Gasteiger partial charge on any atom is -0.216 e. The lowest BCUT2D eigenvalue weighted by atomic mass is 10.4. The summed E-state index contributed by atoms with van der Waals surface area (Å²) in [5.74, 6) is 0. The third kappa shape index (κ3) is 3.00. The number of rotatable bonds is 3. The Morgan fingerprint density at radius 2 is 1.65 bits per heavy atom. The lowest BCUT2D eigenvalue weighted by Crippen LogP contribution is -2.52. The third-order valence-electron chi connectivity index (χ3n) is 2.84. The number of hydrogen-bond acceptors (Lipinski definition) is 6. The van der Waals surface area contributed by atoms with Crippen molar-refractivity contribution in [1.82, 2.24) is 8.61 Å². The predicted molar refractivity (Wildman–Crippen MR) is 72.5 cm³/mol. The molecule has 110 valence electrons. The van der Waals surface area contributed by atoms with Gasteiger partial charge in [-0.3, -0.25) is 0 Å². The molecule has 0 unspecified atom stereocenters. The summed E-state index contributed by atoms with van der Waals surface area (Å²) in [7, 11) is -7.47. The Labute approximate surface area is 121 Å². The van der Waals surface area contributed by atoms with E-state index in [2.05, 4.69) is 0 Å². The first kappa shape index (κ1) is 15.4. The van der Waals surface area contributed by atoms with Crippen LogP contribution in [0.1, 0.15) is 4.88 Å². The quantitative estimate of drug-likeness (QED) is 0.768. The van der Waals surface area contributed by atoms with Crippen molar-refractivity contribution >= 4 is 31.6 Å². The second-order valence-corrected chi connectivity index (χ2v) is 8.87. The molecule has 1 aliphatic heterocycles. The Bertz CT molecular complexity index is 738. The van der Waals surface area contributed by atoms with Crippen LogP contribution in [0, 0.1) is 11.3 Å². The molecule has 1 aromatic heterocycles. The molecule has 1 aromatic rings. The van der Waals surface area contributed by atoms with Crippen molar-refractivity contribution in [3.05, 3.63) is 17.0 Å². The lowest BCUT2D eigenvalue weighted by molar-refractivity contribution is 0.273. The maximum Gasteiger partial charge on any atom is 0.276 e. The van der Waals surface area contributed by atoms with Crippen molar-refractivity contribution in [1.29, 1.82) is 5.26 Å². The number of sulfonamides is 1. The largest absolute Gasteiger partial charge is 0.276 e. The normalized spacial score (nSPS) is 18.8. The molecule has 20 heavy (non-hydrogen) atoms. The second kappa shape index (κ2) is 5.40. The van der Waals surface area contributed by atoms with Crippen molar-refractivity contribution < 1.29 is 16.8 Å². The first-order chi connectivity index (χ1) is 9.25. The number of hydrogen-bond donors (Lipinski definition) is 1. The first-order valence-electron chi connectivity index (χ1n) is 5.53. The van der Waals surface area contributed by atoms with Crippen LogP contribution < -0.4 is 5.14 Å². The van der Waals surface area contributed by atoms with Crippen LogP contribution in [-0.2, 0) is 20.2 Å². The molecule has 0 aliphatic carbocycles. The molecule has 0 bridgehead atoms. The van der Waals surface area contributed by atoms with E-state index in [9.17, 15) is 16.8 Å². The van der Waals surface area contributed by atoms with E-state index >= 15 is 0 Å². The summed E-state index contributed by atoms with van der Waals surface area (Å²) >= 11 is 0.893. The molecule has 0 atom stereocenters. The van der Waals surface area contributed by atoms with Crippen LogP contribution in [0.4, 0.5) is 0 Å². The molecule has 11 heteroatoms. The number of nitriles is 1. The van der Waals surface area contributed by atoms with Crippen molar-refractivity contribution in [2.24, 2.45) is 5.14 Å². The highest BCUT2D eigenvalue weighted by Gasteiger charge is 2.32. The molecule has 0 spiro atoms. The zero-order valence-corrected chi connectivity index (χ0v) is 12.7. The van der Waals surface area contributed by atoms with Crippen LogP contribution in [0.5, 0.6) is 0 Å². The fraction of sp³-hybridized carbons (Fsp3) is 0.444. The van der Waals surface area contributed by atoms with Crippen LogP contribution in [0.3, 0.4) is 0 Å². The average Bonchev–Trinajstić information content (AvgIpc) is 2.87. The van der Waals surface area contributed by atoms with Gasteiger partial charge in [0.25, 0.3) is 20.2 Å². The second-order valence-electron chi connectivity index (χ2n) is 4.08. The molecule has 1 aliphatic rings. The average molecular weight is 336 g/mol. The van der Waals surface area contributed by atoms with E-state index in [1.807, 2.05) is 6.07 Å². The summed E-state index contributed by atoms with van der Waals surface area (Å²) in [6.45, 7) is 0.125. The van der Waals surface area contributed by atoms with Gasteiger partial charge in [-0.25, -0.2) is 13.6 Å². The smallest absolute Gasteiger partial charge is 0.216 e. The molecule has 0 amide bonds. The van der Waals surface area contributed by atoms with Crippen molar-refractivity contribution in [3.63, 3.8) is 0 Å². The fourth-order valence-electron chi connectivity index (χ4n) is 1.81. The van der Waals surface area contributed by atoms with Gasteiger partial charge in [0.2, 0.25) is 0 Å². The summed E-state index contributed by atoms with van der Waals surface area (Å²) in [6, 6.07) is 4.70. The number of nitrogens with two attached hydrogens (primary N) is 1. The Hall–Kier alpha value is -1.03. The molecule has 1 saturated heterocycles. The summed E-state index contributed by atoms with van der Waals surface area (Å²) < 4.78 is 49.2. The summed E-state index contributed by atoms with van der Waals surface area (Å²) in [6.07, 6.45) is 0. The summed E-state index contributed by atoms with van der Waals surface area (Å²) in [4.78, 5) is 0.312. The van der Waals surface area contributed by atoms with Gasteiger partial charge >= 0.3 is 0 Å². The Kier molecular flexibility index (Phi) is 4.14. The molecule has 1 fully saturated rings. The lowest BCUT2D eigenvalue weighted by Gasteiger charge is -2.31. The molecular formula is C9H12N4O4S3. The van der Waals surface area contributed by atoms with Crippen LogP contribution in [0.15, 0.2) is 16.3 Å². The minimum atomic E-state index is -3.79. The van der Waals surface area contributed by atoms with Gasteiger partial charge in [0, 0.05) is 26.2 Å². The van der Waals surface area contributed by atoms with Crippen molar-refractivity contribution in [2.45, 2.75) is 4.21 Å². The monoisotopic (exact) mass is 336 g/mol. The third-order valence-corrected chi connectivity index (χ3v) is 7.28. The summed E-state index contributed by atoms with van der Waals surface area (Å²) in [5, 5.41) is 13.7. The molecule has 0 radical (unpaired) electrons. The number of nitrogens with zero attached hydrogens (tertiary/aromatic N) is 3. The molecule has 2 heterocycles. The van der Waals surface area contributed by atoms with Crippen LogP contribution in [0.25, 0.3) is 0 Å². The van der Waals surface area contributed by atoms with E-state index in [0.29, 0.717) is 4.88 Å². The highest BCUT2D eigenvalue weighted by atomic mass is 32.2. The van der Waals surface area contributed by atoms with Crippen LogP contribution in [0.2, 0.25) is 0 Å². The predicted octanol–water partition coefficient (Wildman–Crippen LogP) is -0.870. The molecule has 2 N–H and O–H groups in total. The Morgan fingerprint density at radius 1 is 1.10 bits per heavy atom. The highest BCUT2D eigenvalue weighted by Crippen LogP contribution is 2.25. The van der Waals surface area contributed by atoms with E-state index in [1.165, 1.54) is 16.4 Å². The minimum absolute atomic E-state index is 0.0224. The van der Waals surface area contributed by atoms with Gasteiger partial charge in [-0.1, -0.05) is 0 Å². The van der Waals surface area contributed by atoms with E-state index in [1.54, 1.807) is 0 Å². The summed E-state index contributed by atoms with van der Waals surface area (Å²) in [5.41, 5.74) is 0. The van der Waals surface area contributed by atoms with Gasteiger partial charge < -0.3 is 0 Å². The number of piperazine rings is 1. The topological polar surface area (TPSA) is 125 Å². The standard InChI is InChI=1S/C9H12N4O4S3/c10-7-8-1-2-9(18-8)19(14,15)12-3-5-13(6-4-12)20(11,16)17/h1-2H,3-6H2,(H2,11,16,17). The van der Waals surface area contributed by atoms with Gasteiger partial charge in [0.1, 0.15) is 15.2 Å². The van der Waals surface area contributed by atoms with Gasteiger partial charge in [0.15, 0.2) is 0 Å². The Morgan fingerprint density at radius 3 is 2.10 bits per heavy atom. The van der Waals surface area contributed by atoms with Gasteiger partial charge in [-0.05, 0) is 12.1 Å². The maximum absolute atomic E-state index is 12.3. The zero-order chi connectivity index (χ0) is 15.0. The molecule has 2 rings (SSSR count).